The fourth-order valence-electron chi connectivity index (χ4n) is 3.67. The van der Waals surface area contributed by atoms with Crippen molar-refractivity contribution in [3.05, 3.63) is 81.8 Å². The van der Waals surface area contributed by atoms with Crippen LogP contribution in [0.4, 0.5) is 0 Å². The molecule has 0 saturated heterocycles. The van der Waals surface area contributed by atoms with Gasteiger partial charge in [0.25, 0.3) is 0 Å². The number of aliphatic carboxylic acids is 1. The Bertz CT molecular complexity index is 861. The van der Waals surface area contributed by atoms with E-state index in [1.807, 2.05) is 67.6 Å². The molecular formula is C22H22BrNO3. The van der Waals surface area contributed by atoms with Crippen LogP contribution in [-0.2, 0) is 16.1 Å². The highest BCUT2D eigenvalue weighted by molar-refractivity contribution is 9.10. The van der Waals surface area contributed by atoms with E-state index < -0.39 is 23.2 Å². The van der Waals surface area contributed by atoms with Gasteiger partial charge in [0.1, 0.15) is 0 Å². The number of hydrogen-bond acceptors (Lipinski definition) is 2. The van der Waals surface area contributed by atoms with Gasteiger partial charge in [0.2, 0.25) is 5.91 Å². The van der Waals surface area contributed by atoms with Crippen LogP contribution in [0.15, 0.2) is 70.7 Å². The molecule has 3 rings (SSSR count). The average Bonchev–Trinajstić information content (AvgIpc) is 2.67. The SMILES string of the molecule is CC1=CC[C@](C(=O)O)(C(=O)NCc2ccccc2)[C@H](c2ccc(Br)cc2)C1. The highest BCUT2D eigenvalue weighted by Crippen LogP contribution is 2.47. The highest BCUT2D eigenvalue weighted by atomic mass is 79.9. The first-order valence-electron chi connectivity index (χ1n) is 8.90. The fraction of sp³-hybridized carbons (Fsp3) is 0.273. The van der Waals surface area contributed by atoms with Crippen molar-refractivity contribution < 1.29 is 14.7 Å². The molecule has 2 N–H and O–H groups in total. The maximum atomic E-state index is 13.2. The van der Waals surface area contributed by atoms with E-state index in [0.29, 0.717) is 13.0 Å². The van der Waals surface area contributed by atoms with Gasteiger partial charge in [-0.2, -0.15) is 0 Å². The third-order valence-electron chi connectivity index (χ3n) is 5.25. The number of rotatable bonds is 5. The molecule has 0 unspecified atom stereocenters. The smallest absolute Gasteiger partial charge is 0.320 e. The number of hydrogen-bond donors (Lipinski definition) is 2. The number of benzene rings is 2. The molecule has 0 heterocycles. The Labute approximate surface area is 167 Å². The molecule has 0 aromatic heterocycles. The quantitative estimate of drug-likeness (QED) is 0.538. The zero-order valence-electron chi connectivity index (χ0n) is 15.1. The van der Waals surface area contributed by atoms with Crippen LogP contribution in [-0.4, -0.2) is 17.0 Å². The third kappa shape index (κ3) is 3.98. The van der Waals surface area contributed by atoms with Gasteiger partial charge >= 0.3 is 5.97 Å². The molecular weight excluding hydrogens is 406 g/mol. The largest absolute Gasteiger partial charge is 0.480 e. The summed E-state index contributed by atoms with van der Waals surface area (Å²) in [4.78, 5) is 25.5. The lowest BCUT2D eigenvalue weighted by Crippen LogP contribution is -2.51. The number of carboxylic acid groups (broad SMARTS) is 1. The predicted molar refractivity (Wildman–Crippen MR) is 108 cm³/mol. The molecule has 27 heavy (non-hydrogen) atoms. The molecule has 140 valence electrons. The van der Waals surface area contributed by atoms with Crippen LogP contribution in [0.5, 0.6) is 0 Å². The van der Waals surface area contributed by atoms with Crippen molar-refractivity contribution in [3.8, 4) is 0 Å². The molecule has 5 heteroatoms. The van der Waals surface area contributed by atoms with E-state index in [0.717, 1.165) is 21.2 Å². The van der Waals surface area contributed by atoms with Crippen LogP contribution in [0, 0.1) is 5.41 Å². The third-order valence-corrected chi connectivity index (χ3v) is 5.78. The van der Waals surface area contributed by atoms with Crippen molar-refractivity contribution in [1.82, 2.24) is 5.32 Å². The van der Waals surface area contributed by atoms with Crippen molar-refractivity contribution in [3.63, 3.8) is 0 Å². The van der Waals surface area contributed by atoms with Gasteiger partial charge in [0, 0.05) is 16.9 Å². The number of carboxylic acids is 1. The van der Waals surface area contributed by atoms with Gasteiger partial charge in [0.05, 0.1) is 0 Å². The summed E-state index contributed by atoms with van der Waals surface area (Å²) in [6, 6.07) is 17.1. The minimum absolute atomic E-state index is 0.190. The second-order valence-corrected chi connectivity index (χ2v) is 7.92. The molecule has 2 aromatic carbocycles. The standard InChI is InChI=1S/C22H22BrNO3/c1-15-11-12-22(21(26)27,19(13-15)17-7-9-18(23)10-8-17)20(25)24-14-16-5-3-2-4-6-16/h2-11,19H,12-14H2,1H3,(H,24,25)(H,26,27)/t19-,22+/m0/s1. The molecule has 0 radical (unpaired) electrons. The van der Waals surface area contributed by atoms with Crippen molar-refractivity contribution >= 4 is 27.8 Å². The number of carbonyl (C=O) groups is 2. The molecule has 2 aromatic rings. The minimum Gasteiger partial charge on any atom is -0.480 e. The highest BCUT2D eigenvalue weighted by Gasteiger charge is 2.53. The molecule has 0 bridgehead atoms. The summed E-state index contributed by atoms with van der Waals surface area (Å²) < 4.78 is 0.920. The van der Waals surface area contributed by atoms with Crippen molar-refractivity contribution in [2.45, 2.75) is 32.2 Å². The first kappa shape index (κ1) is 19.4. The molecule has 1 aliphatic carbocycles. The Balaban J connectivity index is 1.94. The lowest BCUT2D eigenvalue weighted by molar-refractivity contribution is -0.158. The molecule has 0 aliphatic heterocycles. The van der Waals surface area contributed by atoms with Crippen LogP contribution in [0.1, 0.15) is 36.8 Å². The van der Waals surface area contributed by atoms with Gasteiger partial charge in [-0.15, -0.1) is 0 Å². The van der Waals surface area contributed by atoms with Gasteiger partial charge in [-0.3, -0.25) is 9.59 Å². The Morgan fingerprint density at radius 2 is 1.81 bits per heavy atom. The van der Waals surface area contributed by atoms with Crippen molar-refractivity contribution in [1.29, 1.82) is 0 Å². The summed E-state index contributed by atoms with van der Waals surface area (Å²) in [5, 5.41) is 13.0. The maximum absolute atomic E-state index is 13.2. The topological polar surface area (TPSA) is 66.4 Å². The van der Waals surface area contributed by atoms with Crippen LogP contribution in [0.3, 0.4) is 0 Å². The fourth-order valence-corrected chi connectivity index (χ4v) is 3.94. The number of amides is 1. The Hall–Kier alpha value is -2.40. The summed E-state index contributed by atoms with van der Waals surface area (Å²) in [6.07, 6.45) is 2.62. The van der Waals surface area contributed by atoms with E-state index in [9.17, 15) is 14.7 Å². The predicted octanol–water partition coefficient (Wildman–Crippen LogP) is 4.66. The van der Waals surface area contributed by atoms with Gasteiger partial charge in [-0.25, -0.2) is 0 Å². The van der Waals surface area contributed by atoms with Crippen molar-refractivity contribution in [2.75, 3.05) is 0 Å². The first-order valence-corrected chi connectivity index (χ1v) is 9.69. The zero-order valence-corrected chi connectivity index (χ0v) is 16.7. The summed E-state index contributed by atoms with van der Waals surface area (Å²) in [5.74, 6) is -1.93. The second kappa shape index (κ2) is 8.09. The van der Waals surface area contributed by atoms with E-state index in [1.165, 1.54) is 0 Å². The first-order chi connectivity index (χ1) is 12.9. The number of carbonyl (C=O) groups excluding carboxylic acids is 1. The summed E-state index contributed by atoms with van der Waals surface area (Å²) in [7, 11) is 0. The molecule has 1 amide bonds. The number of nitrogens with one attached hydrogen (secondary N) is 1. The van der Waals surface area contributed by atoms with E-state index in [4.69, 9.17) is 0 Å². The van der Waals surface area contributed by atoms with Gasteiger partial charge in [0.15, 0.2) is 5.41 Å². The van der Waals surface area contributed by atoms with Crippen LogP contribution in [0.2, 0.25) is 0 Å². The molecule has 0 saturated carbocycles. The number of allylic oxidation sites excluding steroid dienone is 2. The Kier molecular flexibility index (Phi) is 5.80. The van der Waals surface area contributed by atoms with Gasteiger partial charge in [-0.05, 0) is 43.0 Å². The molecule has 0 fully saturated rings. The molecule has 1 aliphatic rings. The minimum atomic E-state index is -1.51. The Morgan fingerprint density at radius 1 is 1.15 bits per heavy atom. The molecule has 4 nitrogen and oxygen atoms in total. The van der Waals surface area contributed by atoms with E-state index in [1.54, 1.807) is 0 Å². The lowest BCUT2D eigenvalue weighted by Gasteiger charge is -2.39. The summed E-state index contributed by atoms with van der Waals surface area (Å²) >= 11 is 3.41. The van der Waals surface area contributed by atoms with Crippen molar-refractivity contribution in [2.24, 2.45) is 5.41 Å². The maximum Gasteiger partial charge on any atom is 0.320 e. The van der Waals surface area contributed by atoms with Crippen LogP contribution >= 0.6 is 15.9 Å². The van der Waals surface area contributed by atoms with Crippen LogP contribution < -0.4 is 5.32 Å². The zero-order chi connectivity index (χ0) is 19.4. The van der Waals surface area contributed by atoms with Crippen LogP contribution in [0.25, 0.3) is 0 Å². The molecule has 0 spiro atoms. The normalized spacial score (nSPS) is 22.0. The number of halogens is 1. The van der Waals surface area contributed by atoms with E-state index in [-0.39, 0.29) is 6.42 Å². The van der Waals surface area contributed by atoms with E-state index >= 15 is 0 Å². The van der Waals surface area contributed by atoms with Gasteiger partial charge in [-0.1, -0.05) is 70.0 Å². The van der Waals surface area contributed by atoms with E-state index in [2.05, 4.69) is 21.2 Å². The average molecular weight is 428 g/mol. The second-order valence-electron chi connectivity index (χ2n) is 7.01. The monoisotopic (exact) mass is 427 g/mol. The Morgan fingerprint density at radius 3 is 2.44 bits per heavy atom. The molecule has 2 atom stereocenters. The van der Waals surface area contributed by atoms with Gasteiger partial charge < -0.3 is 10.4 Å². The summed E-state index contributed by atoms with van der Waals surface area (Å²) in [5.41, 5.74) is 1.40. The summed E-state index contributed by atoms with van der Waals surface area (Å²) in [6.45, 7) is 2.30. The lowest BCUT2D eigenvalue weighted by atomic mass is 9.63.